The summed E-state index contributed by atoms with van der Waals surface area (Å²) in [7, 11) is -3.55. The van der Waals surface area contributed by atoms with Crippen molar-refractivity contribution in [2.45, 2.75) is 4.90 Å². The highest BCUT2D eigenvalue weighted by Gasteiger charge is 2.19. The molecule has 6 heteroatoms. The van der Waals surface area contributed by atoms with Crippen LogP contribution in [0.15, 0.2) is 64.6 Å². The summed E-state index contributed by atoms with van der Waals surface area (Å²) in [6, 6.07) is 14.5. The molecule has 104 valence electrons. The van der Waals surface area contributed by atoms with Crippen LogP contribution in [0.4, 0.5) is 0 Å². The van der Waals surface area contributed by atoms with Gasteiger partial charge in [0.2, 0.25) is 0 Å². The first-order chi connectivity index (χ1) is 9.53. The third-order valence-electron chi connectivity index (χ3n) is 2.73. The number of nitrogens with zero attached hydrogens (tertiary/aromatic N) is 1. The van der Waals surface area contributed by atoms with Gasteiger partial charge in [-0.2, -0.15) is 0 Å². The predicted octanol–water partition coefficient (Wildman–Crippen LogP) is 2.99. The minimum Gasteiger partial charge on any atom is -0.411 e. The van der Waals surface area contributed by atoms with Gasteiger partial charge < -0.3 is 5.21 Å². The third-order valence-corrected chi connectivity index (χ3v) is 4.62. The second kappa shape index (κ2) is 6.07. The zero-order chi connectivity index (χ0) is 14.6. The molecule has 20 heavy (non-hydrogen) atoms. The van der Waals surface area contributed by atoms with Crippen LogP contribution in [0.3, 0.4) is 0 Å². The van der Waals surface area contributed by atoms with Gasteiger partial charge in [0.05, 0.1) is 4.90 Å². The van der Waals surface area contributed by atoms with Crippen molar-refractivity contribution in [2.75, 3.05) is 5.75 Å². The van der Waals surface area contributed by atoms with E-state index in [1.165, 1.54) is 12.1 Å². The molecule has 0 bridgehead atoms. The van der Waals surface area contributed by atoms with Gasteiger partial charge in [-0.25, -0.2) is 8.42 Å². The Bertz CT molecular complexity index is 710. The lowest BCUT2D eigenvalue weighted by molar-refractivity contribution is 0.319. The SMILES string of the molecule is O=S(=O)(C/C(=N/O)c1ccc(Cl)cc1)c1ccccc1. The second-order valence-corrected chi connectivity index (χ2v) is 6.55. The highest BCUT2D eigenvalue weighted by atomic mass is 35.5. The largest absolute Gasteiger partial charge is 0.411 e. The van der Waals surface area contributed by atoms with E-state index in [1.807, 2.05) is 0 Å². The minimum absolute atomic E-state index is 0.0746. The molecule has 0 heterocycles. The first-order valence-electron chi connectivity index (χ1n) is 5.77. The average molecular weight is 310 g/mol. The molecule has 0 saturated heterocycles. The lowest BCUT2D eigenvalue weighted by atomic mass is 10.1. The van der Waals surface area contributed by atoms with Crippen molar-refractivity contribution < 1.29 is 13.6 Å². The summed E-state index contributed by atoms with van der Waals surface area (Å²) < 4.78 is 24.4. The molecule has 0 saturated carbocycles. The van der Waals surface area contributed by atoms with Gasteiger partial charge in [-0.3, -0.25) is 0 Å². The minimum atomic E-state index is -3.55. The molecule has 4 nitrogen and oxygen atoms in total. The number of hydrogen-bond acceptors (Lipinski definition) is 4. The fourth-order valence-electron chi connectivity index (χ4n) is 1.70. The van der Waals surface area contributed by atoms with Crippen LogP contribution in [0.25, 0.3) is 0 Å². The van der Waals surface area contributed by atoms with E-state index < -0.39 is 9.84 Å². The lowest BCUT2D eigenvalue weighted by Crippen LogP contribution is -2.17. The molecule has 0 amide bonds. The first-order valence-corrected chi connectivity index (χ1v) is 7.80. The van der Waals surface area contributed by atoms with Gasteiger partial charge in [-0.05, 0) is 24.3 Å². The van der Waals surface area contributed by atoms with E-state index >= 15 is 0 Å². The van der Waals surface area contributed by atoms with E-state index in [-0.39, 0.29) is 16.4 Å². The van der Waals surface area contributed by atoms with E-state index in [2.05, 4.69) is 5.16 Å². The Morgan fingerprint density at radius 3 is 2.20 bits per heavy atom. The number of benzene rings is 2. The fourth-order valence-corrected chi connectivity index (χ4v) is 3.15. The van der Waals surface area contributed by atoms with E-state index in [0.29, 0.717) is 10.6 Å². The molecule has 0 atom stereocenters. The number of hydrogen-bond donors (Lipinski definition) is 1. The molecule has 0 aliphatic carbocycles. The standard InChI is InChI=1S/C14H12ClNO3S/c15-12-8-6-11(7-9-12)14(16-17)10-20(18,19)13-4-2-1-3-5-13/h1-9,17H,10H2/b16-14-. The summed E-state index contributed by atoms with van der Waals surface area (Å²) in [5.41, 5.74) is 0.585. The van der Waals surface area contributed by atoms with E-state index in [1.54, 1.807) is 42.5 Å². The zero-order valence-corrected chi connectivity index (χ0v) is 12.0. The van der Waals surface area contributed by atoms with Crippen molar-refractivity contribution in [2.24, 2.45) is 5.16 Å². The van der Waals surface area contributed by atoms with Crippen LogP contribution in [0.2, 0.25) is 5.02 Å². The first kappa shape index (κ1) is 14.6. The van der Waals surface area contributed by atoms with Crippen LogP contribution >= 0.6 is 11.6 Å². The average Bonchev–Trinajstić information content (AvgIpc) is 2.47. The highest BCUT2D eigenvalue weighted by molar-refractivity contribution is 7.92. The molecular formula is C14H12ClNO3S. The molecule has 0 unspecified atom stereocenters. The Hall–Kier alpha value is -1.85. The maximum absolute atomic E-state index is 12.2. The van der Waals surface area contributed by atoms with E-state index in [9.17, 15) is 8.42 Å². The number of oxime groups is 1. The Balaban J connectivity index is 2.30. The summed E-state index contributed by atoms with van der Waals surface area (Å²) in [5, 5.41) is 12.7. The van der Waals surface area contributed by atoms with Gasteiger partial charge in [0.25, 0.3) is 0 Å². The Kier molecular flexibility index (Phi) is 4.42. The highest BCUT2D eigenvalue weighted by Crippen LogP contribution is 2.15. The van der Waals surface area contributed by atoms with Crippen LogP contribution in [0.1, 0.15) is 5.56 Å². The van der Waals surface area contributed by atoms with Crippen LogP contribution in [0.5, 0.6) is 0 Å². The van der Waals surface area contributed by atoms with Gasteiger partial charge in [0.15, 0.2) is 9.84 Å². The molecule has 1 N–H and O–H groups in total. The summed E-state index contributed by atoms with van der Waals surface area (Å²) in [6.07, 6.45) is 0. The molecule has 0 spiro atoms. The van der Waals surface area contributed by atoms with Crippen molar-refractivity contribution in [3.05, 3.63) is 65.2 Å². The van der Waals surface area contributed by atoms with Crippen molar-refractivity contribution >= 4 is 27.1 Å². The van der Waals surface area contributed by atoms with Crippen molar-refractivity contribution in [1.82, 2.24) is 0 Å². The van der Waals surface area contributed by atoms with Gasteiger partial charge in [0.1, 0.15) is 11.5 Å². The van der Waals surface area contributed by atoms with Gasteiger partial charge in [-0.15, -0.1) is 0 Å². The van der Waals surface area contributed by atoms with Gasteiger partial charge >= 0.3 is 0 Å². The molecule has 2 aromatic rings. The Labute approximate surface area is 122 Å². The van der Waals surface area contributed by atoms with E-state index in [0.717, 1.165) is 0 Å². The molecule has 0 aliphatic heterocycles. The molecule has 0 fully saturated rings. The number of rotatable bonds is 4. The molecule has 2 aromatic carbocycles. The molecule has 0 aromatic heterocycles. The van der Waals surface area contributed by atoms with Crippen molar-refractivity contribution in [3.8, 4) is 0 Å². The summed E-state index contributed by atoms with van der Waals surface area (Å²) >= 11 is 5.77. The lowest BCUT2D eigenvalue weighted by Gasteiger charge is -2.06. The van der Waals surface area contributed by atoms with E-state index in [4.69, 9.17) is 16.8 Å². The molecule has 2 rings (SSSR count). The maximum atomic E-state index is 12.2. The van der Waals surface area contributed by atoms with Crippen LogP contribution in [-0.4, -0.2) is 25.1 Å². The van der Waals surface area contributed by atoms with Crippen molar-refractivity contribution in [1.29, 1.82) is 0 Å². The van der Waals surface area contributed by atoms with Crippen LogP contribution in [0, 0.1) is 0 Å². The van der Waals surface area contributed by atoms with Gasteiger partial charge in [-0.1, -0.05) is 47.1 Å². The zero-order valence-electron chi connectivity index (χ0n) is 10.4. The Morgan fingerprint density at radius 1 is 1.05 bits per heavy atom. The van der Waals surface area contributed by atoms with Crippen LogP contribution < -0.4 is 0 Å². The van der Waals surface area contributed by atoms with Crippen molar-refractivity contribution in [3.63, 3.8) is 0 Å². The molecular weight excluding hydrogens is 298 g/mol. The summed E-state index contributed by atoms with van der Waals surface area (Å²) in [5.74, 6) is -0.380. The second-order valence-electron chi connectivity index (χ2n) is 4.13. The van der Waals surface area contributed by atoms with Crippen LogP contribution in [-0.2, 0) is 9.84 Å². The Morgan fingerprint density at radius 2 is 1.65 bits per heavy atom. The monoisotopic (exact) mass is 309 g/mol. The predicted molar refractivity (Wildman–Crippen MR) is 78.3 cm³/mol. The maximum Gasteiger partial charge on any atom is 0.184 e. The summed E-state index contributed by atoms with van der Waals surface area (Å²) in [4.78, 5) is 0.190. The third kappa shape index (κ3) is 3.37. The fraction of sp³-hybridized carbons (Fsp3) is 0.0714. The topological polar surface area (TPSA) is 66.7 Å². The smallest absolute Gasteiger partial charge is 0.184 e. The number of sulfone groups is 1. The molecule has 0 aliphatic rings. The number of halogens is 1. The normalized spacial score (nSPS) is 12.3. The quantitative estimate of drug-likeness (QED) is 0.536. The van der Waals surface area contributed by atoms with Gasteiger partial charge in [0, 0.05) is 10.6 Å². The molecule has 0 radical (unpaired) electrons. The summed E-state index contributed by atoms with van der Waals surface area (Å²) in [6.45, 7) is 0.